The van der Waals surface area contributed by atoms with Gasteiger partial charge in [-0.3, -0.25) is 0 Å². The molecule has 0 fully saturated rings. The number of esters is 1. The number of ether oxygens (including phenoxy) is 2. The molecule has 0 aliphatic carbocycles. The molecule has 4 heteroatoms. The van der Waals surface area contributed by atoms with Crippen molar-refractivity contribution in [3.63, 3.8) is 0 Å². The zero-order valence-electron chi connectivity index (χ0n) is 10.5. The predicted octanol–water partition coefficient (Wildman–Crippen LogP) is 2.70. The quantitative estimate of drug-likeness (QED) is 0.465. The molecule has 1 rings (SSSR count). The smallest absolute Gasteiger partial charge is 0.331 e. The summed E-state index contributed by atoms with van der Waals surface area (Å²) in [6, 6.07) is 4.77. The summed E-state index contributed by atoms with van der Waals surface area (Å²) in [5.41, 5.74) is 0.715. The number of hydrogen-bond donors (Lipinski definition) is 1. The molecular weight excluding hydrogens is 244 g/mol. The van der Waals surface area contributed by atoms with E-state index in [-0.39, 0.29) is 12.4 Å². The molecule has 0 heterocycles. The zero-order chi connectivity index (χ0) is 14.1. The summed E-state index contributed by atoms with van der Waals surface area (Å²) in [7, 11) is 0. The van der Waals surface area contributed by atoms with E-state index in [2.05, 4.69) is 13.2 Å². The van der Waals surface area contributed by atoms with Gasteiger partial charge in [-0.1, -0.05) is 31.4 Å². The summed E-state index contributed by atoms with van der Waals surface area (Å²) in [6.45, 7) is 7.44. The van der Waals surface area contributed by atoms with Crippen LogP contribution in [0.15, 0.2) is 49.6 Å². The van der Waals surface area contributed by atoms with E-state index < -0.39 is 5.97 Å². The van der Waals surface area contributed by atoms with Gasteiger partial charge in [0.2, 0.25) is 0 Å². The second-order valence-corrected chi connectivity index (χ2v) is 3.58. The summed E-state index contributed by atoms with van der Waals surface area (Å²) in [4.78, 5) is 11.2. The summed E-state index contributed by atoms with van der Waals surface area (Å²) in [5, 5.41) is 9.57. The Labute approximate surface area is 112 Å². The van der Waals surface area contributed by atoms with Crippen LogP contribution in [0.25, 0.3) is 6.08 Å². The van der Waals surface area contributed by atoms with Crippen LogP contribution in [0.4, 0.5) is 0 Å². The SMILES string of the molecule is C=CCOC(=O)/C=C/c1ccc(O)c(OCC=C)c1. The molecule has 1 N–H and O–H groups in total. The fourth-order valence-electron chi connectivity index (χ4n) is 1.25. The van der Waals surface area contributed by atoms with Gasteiger partial charge < -0.3 is 14.6 Å². The van der Waals surface area contributed by atoms with Crippen LogP contribution in [0.1, 0.15) is 5.56 Å². The Morgan fingerprint density at radius 1 is 1.26 bits per heavy atom. The van der Waals surface area contributed by atoms with Crippen molar-refractivity contribution in [3.8, 4) is 11.5 Å². The van der Waals surface area contributed by atoms with E-state index in [9.17, 15) is 9.90 Å². The van der Waals surface area contributed by atoms with Gasteiger partial charge in [0.15, 0.2) is 11.5 Å². The molecule has 0 spiro atoms. The van der Waals surface area contributed by atoms with Crippen molar-refractivity contribution in [2.24, 2.45) is 0 Å². The minimum atomic E-state index is -0.457. The number of benzene rings is 1. The van der Waals surface area contributed by atoms with Crippen LogP contribution in [0.2, 0.25) is 0 Å². The Kier molecular flexibility index (Phi) is 5.95. The molecule has 0 radical (unpaired) electrons. The maximum absolute atomic E-state index is 11.2. The van der Waals surface area contributed by atoms with E-state index in [1.165, 1.54) is 18.2 Å². The van der Waals surface area contributed by atoms with E-state index in [0.29, 0.717) is 17.9 Å². The minimum absolute atomic E-state index is 0.0354. The zero-order valence-corrected chi connectivity index (χ0v) is 10.5. The van der Waals surface area contributed by atoms with Crippen molar-refractivity contribution < 1.29 is 19.4 Å². The molecule has 0 saturated carbocycles. The molecule has 4 nitrogen and oxygen atoms in total. The van der Waals surface area contributed by atoms with E-state index in [1.54, 1.807) is 24.3 Å². The van der Waals surface area contributed by atoms with Gasteiger partial charge in [0.25, 0.3) is 0 Å². The lowest BCUT2D eigenvalue weighted by Gasteiger charge is -2.06. The Hall–Kier alpha value is -2.49. The normalized spacial score (nSPS) is 10.1. The maximum atomic E-state index is 11.2. The number of hydrogen-bond acceptors (Lipinski definition) is 4. The van der Waals surface area contributed by atoms with Gasteiger partial charge >= 0.3 is 5.97 Å². The van der Waals surface area contributed by atoms with Crippen molar-refractivity contribution in [2.75, 3.05) is 13.2 Å². The Bertz CT molecular complexity index is 489. The van der Waals surface area contributed by atoms with Crippen molar-refractivity contribution in [3.05, 3.63) is 55.1 Å². The fraction of sp³-hybridized carbons (Fsp3) is 0.133. The number of phenols is 1. The maximum Gasteiger partial charge on any atom is 0.331 e. The number of aromatic hydroxyl groups is 1. The van der Waals surface area contributed by atoms with Crippen LogP contribution >= 0.6 is 0 Å². The highest BCUT2D eigenvalue weighted by molar-refractivity contribution is 5.87. The van der Waals surface area contributed by atoms with Crippen LogP contribution in [0.3, 0.4) is 0 Å². The first-order chi connectivity index (χ1) is 9.17. The first-order valence-corrected chi connectivity index (χ1v) is 5.70. The molecular formula is C15H16O4. The van der Waals surface area contributed by atoms with Crippen molar-refractivity contribution >= 4 is 12.0 Å². The van der Waals surface area contributed by atoms with Crippen molar-refractivity contribution in [2.45, 2.75) is 0 Å². The molecule has 19 heavy (non-hydrogen) atoms. The predicted molar refractivity (Wildman–Crippen MR) is 74.0 cm³/mol. The molecule has 0 saturated heterocycles. The third-order valence-electron chi connectivity index (χ3n) is 2.10. The third kappa shape index (κ3) is 5.12. The van der Waals surface area contributed by atoms with E-state index in [4.69, 9.17) is 9.47 Å². The summed E-state index contributed by atoms with van der Waals surface area (Å²) in [5.74, 6) is -0.0868. The first kappa shape index (κ1) is 14.6. The minimum Gasteiger partial charge on any atom is -0.504 e. The highest BCUT2D eigenvalue weighted by Gasteiger charge is 2.02. The average molecular weight is 260 g/mol. The second-order valence-electron chi connectivity index (χ2n) is 3.58. The van der Waals surface area contributed by atoms with Crippen molar-refractivity contribution in [1.29, 1.82) is 0 Å². The molecule has 0 amide bonds. The van der Waals surface area contributed by atoms with Gasteiger partial charge in [-0.2, -0.15) is 0 Å². The number of rotatable bonds is 7. The number of phenolic OH excluding ortho intramolecular Hbond substituents is 1. The standard InChI is InChI=1S/C15H16O4/c1-3-9-18-14-11-12(5-7-13(14)16)6-8-15(17)19-10-4-2/h3-8,11,16H,1-2,9-10H2/b8-6+. The topological polar surface area (TPSA) is 55.8 Å². The molecule has 0 atom stereocenters. The van der Waals surface area contributed by atoms with E-state index in [1.807, 2.05) is 0 Å². The van der Waals surface area contributed by atoms with Crippen LogP contribution in [-0.4, -0.2) is 24.3 Å². The first-order valence-electron chi connectivity index (χ1n) is 5.70. The lowest BCUT2D eigenvalue weighted by molar-refractivity contribution is -0.136. The lowest BCUT2D eigenvalue weighted by Crippen LogP contribution is -1.99. The third-order valence-corrected chi connectivity index (χ3v) is 2.10. The van der Waals surface area contributed by atoms with Gasteiger partial charge in [-0.15, -0.1) is 0 Å². The Balaban J connectivity index is 2.72. The molecule has 0 unspecified atom stereocenters. The summed E-state index contributed by atoms with van der Waals surface area (Å²) < 4.78 is 10.1. The average Bonchev–Trinajstić information content (AvgIpc) is 2.42. The highest BCUT2D eigenvalue weighted by atomic mass is 16.5. The summed E-state index contributed by atoms with van der Waals surface area (Å²) in [6.07, 6.45) is 5.95. The molecule has 0 aliphatic heterocycles. The largest absolute Gasteiger partial charge is 0.504 e. The monoisotopic (exact) mass is 260 g/mol. The number of carbonyl (C=O) groups excluding carboxylic acids is 1. The van der Waals surface area contributed by atoms with Crippen LogP contribution in [0.5, 0.6) is 11.5 Å². The highest BCUT2D eigenvalue weighted by Crippen LogP contribution is 2.27. The van der Waals surface area contributed by atoms with Crippen LogP contribution in [0, 0.1) is 0 Å². The van der Waals surface area contributed by atoms with Crippen LogP contribution < -0.4 is 4.74 Å². The van der Waals surface area contributed by atoms with Gasteiger partial charge in [0.05, 0.1) is 0 Å². The Morgan fingerprint density at radius 2 is 2.00 bits per heavy atom. The molecule has 0 aromatic heterocycles. The van der Waals surface area contributed by atoms with Gasteiger partial charge in [0, 0.05) is 6.08 Å². The molecule has 0 bridgehead atoms. The van der Waals surface area contributed by atoms with Gasteiger partial charge in [0.1, 0.15) is 13.2 Å². The van der Waals surface area contributed by atoms with E-state index >= 15 is 0 Å². The Morgan fingerprint density at radius 3 is 2.68 bits per heavy atom. The van der Waals surface area contributed by atoms with Crippen LogP contribution in [-0.2, 0) is 9.53 Å². The van der Waals surface area contributed by atoms with Gasteiger partial charge in [-0.25, -0.2) is 4.79 Å². The summed E-state index contributed by atoms with van der Waals surface area (Å²) >= 11 is 0. The molecule has 0 aliphatic rings. The molecule has 1 aromatic rings. The molecule has 1 aromatic carbocycles. The molecule has 100 valence electrons. The lowest BCUT2D eigenvalue weighted by atomic mass is 10.2. The second kappa shape index (κ2) is 7.76. The number of carbonyl (C=O) groups is 1. The van der Waals surface area contributed by atoms with E-state index in [0.717, 1.165) is 0 Å². The van der Waals surface area contributed by atoms with Crippen molar-refractivity contribution in [1.82, 2.24) is 0 Å². The van der Waals surface area contributed by atoms with Gasteiger partial charge in [-0.05, 0) is 23.8 Å². The fourth-order valence-corrected chi connectivity index (χ4v) is 1.25.